The average Bonchev–Trinajstić information content (AvgIpc) is 2.67. The lowest BCUT2D eigenvalue weighted by atomic mass is 9.76. The number of carboxylic acid groups (broad SMARTS) is 1. The summed E-state index contributed by atoms with van der Waals surface area (Å²) < 4.78 is 0.550. The van der Waals surface area contributed by atoms with Crippen LogP contribution in [0.3, 0.4) is 0 Å². The maximum Gasteiger partial charge on any atom is 0.308 e. The molecular weight excluding hydrogens is 274 g/mol. The van der Waals surface area contributed by atoms with Gasteiger partial charge in [-0.25, -0.2) is 0 Å². The van der Waals surface area contributed by atoms with Crippen molar-refractivity contribution in [2.75, 3.05) is 6.54 Å². The minimum atomic E-state index is -0.829. The van der Waals surface area contributed by atoms with Crippen LogP contribution < -0.4 is 5.32 Å². The van der Waals surface area contributed by atoms with E-state index >= 15 is 0 Å². The molecule has 0 aromatic carbocycles. The average molecular weight is 288 g/mol. The zero-order valence-corrected chi connectivity index (χ0v) is 11.3. The summed E-state index contributed by atoms with van der Waals surface area (Å²) in [5.41, 5.74) is 0. The van der Waals surface area contributed by atoms with Crippen LogP contribution in [-0.2, 0) is 4.79 Å². The second-order valence-electron chi connectivity index (χ2n) is 4.45. The summed E-state index contributed by atoms with van der Waals surface area (Å²) in [5.74, 6) is -1.35. The highest BCUT2D eigenvalue weighted by atomic mass is 35.5. The molecule has 6 heteroatoms. The van der Waals surface area contributed by atoms with E-state index in [1.807, 2.05) is 0 Å². The predicted octanol–water partition coefficient (Wildman–Crippen LogP) is 2.63. The van der Waals surface area contributed by atoms with Crippen LogP contribution in [0.25, 0.3) is 0 Å². The van der Waals surface area contributed by atoms with E-state index in [4.69, 9.17) is 16.7 Å². The Morgan fingerprint density at radius 3 is 2.67 bits per heavy atom. The fraction of sp³-hybridized carbons (Fsp3) is 0.500. The Morgan fingerprint density at radius 2 is 2.22 bits per heavy atom. The van der Waals surface area contributed by atoms with Gasteiger partial charge in [0.25, 0.3) is 5.91 Å². The summed E-state index contributed by atoms with van der Waals surface area (Å²) in [6, 6.07) is 3.29. The summed E-state index contributed by atoms with van der Waals surface area (Å²) in [4.78, 5) is 23.4. The molecule has 1 unspecified atom stereocenters. The van der Waals surface area contributed by atoms with E-state index in [9.17, 15) is 9.59 Å². The molecular formula is C12H14ClNO3S. The van der Waals surface area contributed by atoms with Crippen LogP contribution in [0, 0.1) is 11.8 Å². The molecule has 1 amide bonds. The summed E-state index contributed by atoms with van der Waals surface area (Å²) in [5, 5.41) is 11.8. The van der Waals surface area contributed by atoms with Crippen molar-refractivity contribution in [3.63, 3.8) is 0 Å². The van der Waals surface area contributed by atoms with Gasteiger partial charge in [-0.2, -0.15) is 0 Å². The van der Waals surface area contributed by atoms with Gasteiger partial charge in [0.2, 0.25) is 0 Å². The largest absolute Gasteiger partial charge is 0.481 e. The van der Waals surface area contributed by atoms with Crippen molar-refractivity contribution in [3.8, 4) is 0 Å². The van der Waals surface area contributed by atoms with Crippen molar-refractivity contribution >= 4 is 34.8 Å². The summed E-state index contributed by atoms with van der Waals surface area (Å²) in [6.45, 7) is 0.189. The Labute approximate surface area is 114 Å². The molecule has 0 spiro atoms. The van der Waals surface area contributed by atoms with Gasteiger partial charge in [-0.15, -0.1) is 11.3 Å². The normalized spacial score (nSPS) is 16.9. The smallest absolute Gasteiger partial charge is 0.308 e. The van der Waals surface area contributed by atoms with Gasteiger partial charge in [0.05, 0.1) is 15.1 Å². The summed E-state index contributed by atoms with van der Waals surface area (Å²) in [6.07, 6.45) is 2.97. The van der Waals surface area contributed by atoms with Crippen LogP contribution in [-0.4, -0.2) is 23.5 Å². The van der Waals surface area contributed by atoms with Crippen molar-refractivity contribution in [2.24, 2.45) is 11.8 Å². The van der Waals surface area contributed by atoms with E-state index in [-0.39, 0.29) is 18.4 Å². The molecule has 1 aliphatic rings. The van der Waals surface area contributed by atoms with Gasteiger partial charge in [0, 0.05) is 6.54 Å². The molecule has 1 heterocycles. The van der Waals surface area contributed by atoms with Crippen LogP contribution in [0.5, 0.6) is 0 Å². The maximum atomic E-state index is 11.8. The number of thiophene rings is 1. The molecule has 2 N–H and O–H groups in total. The van der Waals surface area contributed by atoms with E-state index < -0.39 is 11.9 Å². The fourth-order valence-electron chi connectivity index (χ4n) is 2.02. The second kappa shape index (κ2) is 5.71. The minimum absolute atomic E-state index is 0.189. The molecule has 0 bridgehead atoms. The summed E-state index contributed by atoms with van der Waals surface area (Å²) in [7, 11) is 0. The Hall–Kier alpha value is -1.07. The Morgan fingerprint density at radius 1 is 1.50 bits per heavy atom. The number of hydrogen-bond donors (Lipinski definition) is 2. The van der Waals surface area contributed by atoms with Crippen LogP contribution in [0.1, 0.15) is 28.9 Å². The molecule has 1 saturated carbocycles. The number of nitrogens with one attached hydrogen (secondary N) is 1. The van der Waals surface area contributed by atoms with Crippen molar-refractivity contribution < 1.29 is 14.7 Å². The Kier molecular flexibility index (Phi) is 4.24. The highest BCUT2D eigenvalue weighted by molar-refractivity contribution is 7.17. The van der Waals surface area contributed by atoms with E-state index in [1.54, 1.807) is 12.1 Å². The third kappa shape index (κ3) is 3.03. The van der Waals surface area contributed by atoms with Gasteiger partial charge >= 0.3 is 5.97 Å². The number of amides is 1. The van der Waals surface area contributed by atoms with Gasteiger partial charge in [0.15, 0.2) is 0 Å². The molecule has 4 nitrogen and oxygen atoms in total. The summed E-state index contributed by atoms with van der Waals surface area (Å²) >= 11 is 6.93. The number of carbonyl (C=O) groups is 2. The quantitative estimate of drug-likeness (QED) is 0.875. The third-order valence-electron chi connectivity index (χ3n) is 3.32. The van der Waals surface area contributed by atoms with Crippen molar-refractivity contribution in [3.05, 3.63) is 21.3 Å². The van der Waals surface area contributed by atoms with Crippen molar-refractivity contribution in [1.82, 2.24) is 5.32 Å². The minimum Gasteiger partial charge on any atom is -0.481 e. The fourth-order valence-corrected chi connectivity index (χ4v) is 2.98. The molecule has 1 aliphatic carbocycles. The van der Waals surface area contributed by atoms with E-state index in [0.29, 0.717) is 9.21 Å². The molecule has 1 aromatic heterocycles. The number of carboxylic acids is 1. The van der Waals surface area contributed by atoms with Gasteiger partial charge in [0.1, 0.15) is 0 Å². The first-order chi connectivity index (χ1) is 8.58. The number of carbonyl (C=O) groups excluding carboxylic acids is 1. The van der Waals surface area contributed by atoms with Crippen molar-refractivity contribution in [2.45, 2.75) is 19.3 Å². The SMILES string of the molecule is O=C(NCC(C(=O)O)C1CCC1)c1ccc(Cl)s1. The molecule has 18 heavy (non-hydrogen) atoms. The first-order valence-electron chi connectivity index (χ1n) is 5.84. The molecule has 0 saturated heterocycles. The molecule has 98 valence electrons. The number of hydrogen-bond acceptors (Lipinski definition) is 3. The molecule has 0 radical (unpaired) electrons. The first-order valence-corrected chi connectivity index (χ1v) is 7.03. The highest BCUT2D eigenvalue weighted by Crippen LogP contribution is 2.33. The number of halogens is 1. The monoisotopic (exact) mass is 287 g/mol. The zero-order chi connectivity index (χ0) is 13.1. The Bertz CT molecular complexity index is 456. The van der Waals surface area contributed by atoms with E-state index in [0.717, 1.165) is 19.3 Å². The van der Waals surface area contributed by atoms with Gasteiger partial charge < -0.3 is 10.4 Å². The lowest BCUT2D eigenvalue weighted by Gasteiger charge is -2.31. The van der Waals surface area contributed by atoms with Crippen LogP contribution in [0.2, 0.25) is 4.34 Å². The standard InChI is InChI=1S/C12H14ClNO3S/c13-10-5-4-9(18-10)11(15)14-6-8(12(16)17)7-2-1-3-7/h4-5,7-8H,1-3,6H2,(H,14,15)(H,16,17). The van der Waals surface area contributed by atoms with Gasteiger partial charge in [-0.05, 0) is 30.9 Å². The molecule has 1 atom stereocenters. The molecule has 0 aliphatic heterocycles. The van der Waals surface area contributed by atoms with E-state index in [2.05, 4.69) is 5.32 Å². The lowest BCUT2D eigenvalue weighted by Crippen LogP contribution is -2.39. The highest BCUT2D eigenvalue weighted by Gasteiger charge is 2.32. The molecule has 1 aromatic rings. The third-order valence-corrected chi connectivity index (χ3v) is 4.55. The predicted molar refractivity (Wildman–Crippen MR) is 70.1 cm³/mol. The number of rotatable bonds is 5. The van der Waals surface area contributed by atoms with Crippen molar-refractivity contribution in [1.29, 1.82) is 0 Å². The lowest BCUT2D eigenvalue weighted by molar-refractivity contribution is -0.144. The van der Waals surface area contributed by atoms with E-state index in [1.165, 1.54) is 11.3 Å². The first kappa shape index (κ1) is 13.4. The molecule has 2 rings (SSSR count). The number of aliphatic carboxylic acids is 1. The zero-order valence-electron chi connectivity index (χ0n) is 9.69. The maximum absolute atomic E-state index is 11.8. The van der Waals surface area contributed by atoms with Crippen LogP contribution in [0.4, 0.5) is 0 Å². The van der Waals surface area contributed by atoms with Gasteiger partial charge in [-0.3, -0.25) is 9.59 Å². The van der Waals surface area contributed by atoms with Crippen LogP contribution >= 0.6 is 22.9 Å². The Balaban J connectivity index is 1.89. The van der Waals surface area contributed by atoms with Gasteiger partial charge in [-0.1, -0.05) is 18.0 Å². The van der Waals surface area contributed by atoms with Crippen LogP contribution in [0.15, 0.2) is 12.1 Å². The second-order valence-corrected chi connectivity index (χ2v) is 6.16. The topological polar surface area (TPSA) is 66.4 Å². The molecule has 1 fully saturated rings.